The molecule has 0 nitrogen and oxygen atoms in total. The fourth-order valence-corrected chi connectivity index (χ4v) is 6.17. The second-order valence-electron chi connectivity index (χ2n) is 3.73. The zero-order valence-electron chi connectivity index (χ0n) is 7.24. The molecule has 0 aromatic carbocycles. The second-order valence-corrected chi connectivity index (χ2v) is 7.60. The van der Waals surface area contributed by atoms with Crippen LogP contribution in [0.1, 0.15) is 0 Å². The Bertz CT molecular complexity index is 322. The standard InChI is InChI=1S/C7H4Br2F6S/c8-3-1-2(5(10,11)6(3,12)13)7(14,15)16-4(1)9/h1-4H. The van der Waals surface area contributed by atoms with E-state index in [2.05, 4.69) is 31.9 Å². The normalized spacial score (nSPS) is 48.0. The summed E-state index contributed by atoms with van der Waals surface area (Å²) < 4.78 is 78.4. The number of fused-ring (bicyclic) bond motifs is 1. The molecule has 94 valence electrons. The van der Waals surface area contributed by atoms with Crippen molar-refractivity contribution in [3.8, 4) is 0 Å². The van der Waals surface area contributed by atoms with Gasteiger partial charge in [-0.3, -0.25) is 0 Å². The minimum absolute atomic E-state index is 0.0385. The summed E-state index contributed by atoms with van der Waals surface area (Å²) in [5.41, 5.74) is 0. The quantitative estimate of drug-likeness (QED) is 0.436. The average molecular weight is 394 g/mol. The monoisotopic (exact) mass is 392 g/mol. The first-order valence-corrected chi connectivity index (χ1v) is 6.84. The van der Waals surface area contributed by atoms with E-state index in [0.717, 1.165) is 0 Å². The van der Waals surface area contributed by atoms with Gasteiger partial charge in [-0.1, -0.05) is 43.6 Å². The van der Waals surface area contributed by atoms with Gasteiger partial charge in [-0.05, 0) is 0 Å². The Morgan fingerprint density at radius 1 is 0.875 bits per heavy atom. The maximum absolute atomic E-state index is 13.3. The third-order valence-corrected chi connectivity index (χ3v) is 6.30. The van der Waals surface area contributed by atoms with Gasteiger partial charge in [-0.25, -0.2) is 0 Å². The lowest BCUT2D eigenvalue weighted by Gasteiger charge is -2.27. The summed E-state index contributed by atoms with van der Waals surface area (Å²) in [5.74, 6) is -13.3. The molecule has 16 heavy (non-hydrogen) atoms. The Balaban J connectivity index is 2.51. The Kier molecular flexibility index (Phi) is 2.88. The molecule has 0 spiro atoms. The van der Waals surface area contributed by atoms with Crippen LogP contribution in [-0.2, 0) is 0 Å². The molecule has 1 aliphatic heterocycles. The summed E-state index contributed by atoms with van der Waals surface area (Å²) in [7, 11) is 0. The second kappa shape index (κ2) is 3.46. The van der Waals surface area contributed by atoms with Crippen LogP contribution in [0.15, 0.2) is 0 Å². The molecule has 9 heteroatoms. The van der Waals surface area contributed by atoms with E-state index in [-0.39, 0.29) is 11.8 Å². The zero-order chi connectivity index (χ0) is 12.5. The van der Waals surface area contributed by atoms with Crippen LogP contribution >= 0.6 is 43.6 Å². The molecule has 0 N–H and O–H groups in total. The van der Waals surface area contributed by atoms with Gasteiger partial charge in [0.1, 0.15) is 5.92 Å². The molecule has 0 radical (unpaired) electrons. The molecule has 2 fully saturated rings. The van der Waals surface area contributed by atoms with Gasteiger partial charge in [0, 0.05) is 5.92 Å². The first kappa shape index (κ1) is 13.3. The number of hydrogen-bond acceptors (Lipinski definition) is 1. The van der Waals surface area contributed by atoms with E-state index >= 15 is 0 Å². The molecule has 1 aliphatic carbocycles. The molecule has 0 amide bonds. The molecule has 0 aromatic rings. The van der Waals surface area contributed by atoms with E-state index in [4.69, 9.17) is 0 Å². The van der Waals surface area contributed by atoms with Crippen LogP contribution in [0.2, 0.25) is 0 Å². The van der Waals surface area contributed by atoms with Crippen molar-refractivity contribution in [3.63, 3.8) is 0 Å². The van der Waals surface area contributed by atoms with E-state index < -0.39 is 37.9 Å². The smallest absolute Gasteiger partial charge is 0.199 e. The molecular formula is C7H4Br2F6S. The molecular weight excluding hydrogens is 390 g/mol. The lowest BCUT2D eigenvalue weighted by Crippen LogP contribution is -2.46. The molecule has 2 rings (SSSR count). The first-order valence-electron chi connectivity index (χ1n) is 4.13. The fourth-order valence-electron chi connectivity index (χ4n) is 2.06. The Hall–Kier alpha value is 0.890. The van der Waals surface area contributed by atoms with Crippen molar-refractivity contribution in [2.75, 3.05) is 0 Å². The van der Waals surface area contributed by atoms with E-state index in [1.807, 2.05) is 0 Å². The molecule has 4 unspecified atom stereocenters. The van der Waals surface area contributed by atoms with Crippen molar-refractivity contribution in [2.45, 2.75) is 26.1 Å². The van der Waals surface area contributed by atoms with Crippen molar-refractivity contribution < 1.29 is 26.3 Å². The number of hydrogen-bond donors (Lipinski definition) is 0. The van der Waals surface area contributed by atoms with Gasteiger partial charge in [0.05, 0.1) is 8.99 Å². The minimum Gasteiger partial charge on any atom is -0.199 e. The van der Waals surface area contributed by atoms with Crippen LogP contribution in [0.4, 0.5) is 26.3 Å². The van der Waals surface area contributed by atoms with Crippen LogP contribution in [0.5, 0.6) is 0 Å². The van der Waals surface area contributed by atoms with Crippen molar-refractivity contribution in [1.82, 2.24) is 0 Å². The molecule has 0 bridgehead atoms. The third-order valence-electron chi connectivity index (χ3n) is 2.84. The number of halogens is 8. The fraction of sp³-hybridized carbons (Fsp3) is 1.00. The van der Waals surface area contributed by atoms with Gasteiger partial charge < -0.3 is 0 Å². The number of thioether (sulfide) groups is 1. The Labute approximate surface area is 108 Å². The summed E-state index contributed by atoms with van der Waals surface area (Å²) in [6.07, 6.45) is 0. The summed E-state index contributed by atoms with van der Waals surface area (Å²) >= 11 is 5.14. The van der Waals surface area contributed by atoms with E-state index in [0.29, 0.717) is 0 Å². The van der Waals surface area contributed by atoms with Crippen LogP contribution in [0, 0.1) is 11.8 Å². The molecule has 4 atom stereocenters. The van der Waals surface area contributed by atoms with Crippen molar-refractivity contribution in [2.24, 2.45) is 11.8 Å². The summed E-state index contributed by atoms with van der Waals surface area (Å²) in [5, 5.41) is -3.85. The average Bonchev–Trinajstić information content (AvgIpc) is 2.39. The maximum atomic E-state index is 13.3. The van der Waals surface area contributed by atoms with Crippen LogP contribution in [-0.4, -0.2) is 26.1 Å². The number of rotatable bonds is 0. The van der Waals surface area contributed by atoms with Gasteiger partial charge in [0.25, 0.3) is 0 Å². The molecule has 2 aliphatic rings. The van der Waals surface area contributed by atoms with Gasteiger partial charge in [-0.15, -0.1) is 0 Å². The lowest BCUT2D eigenvalue weighted by molar-refractivity contribution is -0.224. The van der Waals surface area contributed by atoms with Crippen molar-refractivity contribution in [3.05, 3.63) is 0 Å². The molecule has 1 saturated heterocycles. The number of alkyl halides is 8. The van der Waals surface area contributed by atoms with Gasteiger partial charge in [-0.2, -0.15) is 26.3 Å². The van der Waals surface area contributed by atoms with Crippen molar-refractivity contribution >= 4 is 43.6 Å². The van der Waals surface area contributed by atoms with Gasteiger partial charge in [0.2, 0.25) is 0 Å². The van der Waals surface area contributed by atoms with Gasteiger partial charge >= 0.3 is 17.1 Å². The molecule has 0 aromatic heterocycles. The molecule has 1 heterocycles. The van der Waals surface area contributed by atoms with E-state index in [1.54, 1.807) is 0 Å². The minimum atomic E-state index is -4.70. The van der Waals surface area contributed by atoms with Gasteiger partial charge in [0.15, 0.2) is 0 Å². The highest BCUT2D eigenvalue weighted by molar-refractivity contribution is 9.11. The highest BCUT2D eigenvalue weighted by Crippen LogP contribution is 2.70. The molecule has 1 saturated carbocycles. The van der Waals surface area contributed by atoms with Crippen molar-refractivity contribution in [1.29, 1.82) is 0 Å². The highest BCUT2D eigenvalue weighted by Gasteiger charge is 2.83. The largest absolute Gasteiger partial charge is 0.323 e. The highest BCUT2D eigenvalue weighted by atomic mass is 79.9. The first-order chi connectivity index (χ1) is 7.03. The summed E-state index contributed by atoms with van der Waals surface area (Å²) in [4.78, 5) is -1.95. The van der Waals surface area contributed by atoms with E-state index in [9.17, 15) is 26.3 Å². The lowest BCUT2D eigenvalue weighted by atomic mass is 9.96. The topological polar surface area (TPSA) is 0 Å². The predicted molar refractivity (Wildman–Crippen MR) is 54.8 cm³/mol. The predicted octanol–water partition coefficient (Wildman–Crippen LogP) is 4.33. The Morgan fingerprint density at radius 3 is 1.81 bits per heavy atom. The van der Waals surface area contributed by atoms with E-state index in [1.165, 1.54) is 0 Å². The van der Waals surface area contributed by atoms with Crippen LogP contribution < -0.4 is 0 Å². The summed E-state index contributed by atoms with van der Waals surface area (Å²) in [6.45, 7) is 0. The van der Waals surface area contributed by atoms with Crippen LogP contribution in [0.3, 0.4) is 0 Å². The maximum Gasteiger partial charge on any atom is 0.323 e. The van der Waals surface area contributed by atoms with Crippen LogP contribution in [0.25, 0.3) is 0 Å². The third kappa shape index (κ3) is 1.43. The Morgan fingerprint density at radius 2 is 1.38 bits per heavy atom. The zero-order valence-corrected chi connectivity index (χ0v) is 11.2. The summed E-state index contributed by atoms with van der Waals surface area (Å²) in [6, 6.07) is 0. The SMILES string of the molecule is FC1(F)SC(Br)C2C(Br)C(F)(F)C(F)(F)C21.